The second kappa shape index (κ2) is 13.7. The number of aryl methyl sites for hydroxylation is 1. The van der Waals surface area contributed by atoms with E-state index < -0.39 is 0 Å². The Hall–Kier alpha value is -2.83. The molecule has 184 valence electrons. The van der Waals surface area contributed by atoms with Crippen molar-refractivity contribution in [3.8, 4) is 0 Å². The lowest BCUT2D eigenvalue weighted by molar-refractivity contribution is -0.123. The van der Waals surface area contributed by atoms with Crippen molar-refractivity contribution in [1.82, 2.24) is 29.5 Å². The molecule has 2 aromatic rings. The van der Waals surface area contributed by atoms with Gasteiger partial charge in [0, 0.05) is 46.1 Å². The average Bonchev–Trinajstić information content (AvgIpc) is 3.36. The molecule has 0 amide bonds. The Morgan fingerprint density at radius 2 is 1.73 bits per heavy atom. The van der Waals surface area contributed by atoms with Gasteiger partial charge in [0.15, 0.2) is 5.89 Å². The fourth-order valence-corrected chi connectivity index (χ4v) is 4.27. The topological polar surface area (TPSA) is 158 Å². The summed E-state index contributed by atoms with van der Waals surface area (Å²) in [5.41, 5.74) is 0.999. The number of aliphatic hydroxyl groups is 1. The number of likely N-dealkylation sites (tertiary alicyclic amines) is 2. The molecule has 3 N–H and O–H groups in total. The van der Waals surface area contributed by atoms with Crippen molar-refractivity contribution in [1.29, 1.82) is 0 Å². The van der Waals surface area contributed by atoms with Crippen LogP contribution in [0.25, 0.3) is 0 Å². The standard InChI is InChI=1S/C19H30N6O2.2CH2O2/c1-14-20-16(13-27-14)11-25-7-3-4-15(10-25)19-22-21-18(23(19)2)12-24-8-5-17(26)6-9-24;2*2-1-3/h13,15,17,26H,3-12H2,1-2H3;2*1H,(H,2,3). The van der Waals surface area contributed by atoms with Gasteiger partial charge >= 0.3 is 0 Å². The summed E-state index contributed by atoms with van der Waals surface area (Å²) in [7, 11) is 2.09. The number of hydrogen-bond donors (Lipinski definition) is 3. The normalized spacial score (nSPS) is 19.7. The van der Waals surface area contributed by atoms with E-state index in [9.17, 15) is 5.11 Å². The zero-order chi connectivity index (χ0) is 24.2. The zero-order valence-corrected chi connectivity index (χ0v) is 19.2. The van der Waals surface area contributed by atoms with Gasteiger partial charge in [-0.15, -0.1) is 10.2 Å². The summed E-state index contributed by atoms with van der Waals surface area (Å²) >= 11 is 0. The number of piperidine rings is 2. The Morgan fingerprint density at radius 3 is 2.33 bits per heavy atom. The summed E-state index contributed by atoms with van der Waals surface area (Å²) in [5.74, 6) is 3.23. The van der Waals surface area contributed by atoms with Gasteiger partial charge in [0.05, 0.1) is 18.3 Å². The fourth-order valence-electron chi connectivity index (χ4n) is 4.27. The summed E-state index contributed by atoms with van der Waals surface area (Å²) in [6, 6.07) is 0. The van der Waals surface area contributed by atoms with Gasteiger partial charge in [0.25, 0.3) is 12.9 Å². The lowest BCUT2D eigenvalue weighted by Crippen LogP contribution is -2.36. The maximum absolute atomic E-state index is 9.68. The Labute approximate surface area is 192 Å². The summed E-state index contributed by atoms with van der Waals surface area (Å²) in [5, 5.41) is 32.5. The summed E-state index contributed by atoms with van der Waals surface area (Å²) < 4.78 is 7.51. The van der Waals surface area contributed by atoms with E-state index in [0.717, 1.165) is 88.2 Å². The smallest absolute Gasteiger partial charge is 0.290 e. The van der Waals surface area contributed by atoms with Crippen LogP contribution >= 0.6 is 0 Å². The maximum Gasteiger partial charge on any atom is 0.290 e. The van der Waals surface area contributed by atoms with Crippen LogP contribution in [-0.2, 0) is 29.7 Å². The molecule has 2 aliphatic rings. The lowest BCUT2D eigenvalue weighted by Gasteiger charge is -2.31. The molecule has 1 unspecified atom stereocenters. The Kier molecular flexibility index (Phi) is 10.9. The van der Waals surface area contributed by atoms with E-state index in [0.29, 0.717) is 5.92 Å². The quantitative estimate of drug-likeness (QED) is 0.536. The predicted molar refractivity (Wildman–Crippen MR) is 117 cm³/mol. The van der Waals surface area contributed by atoms with E-state index in [4.69, 9.17) is 24.2 Å². The number of aromatic nitrogens is 4. The first-order chi connectivity index (χ1) is 15.9. The first-order valence-electron chi connectivity index (χ1n) is 11.0. The number of hydrogen-bond acceptors (Lipinski definition) is 9. The van der Waals surface area contributed by atoms with Gasteiger partial charge in [-0.3, -0.25) is 19.4 Å². The highest BCUT2D eigenvalue weighted by molar-refractivity contribution is 5.33. The largest absolute Gasteiger partial charge is 0.483 e. The molecule has 2 aromatic heterocycles. The van der Waals surface area contributed by atoms with Crippen LogP contribution in [0.3, 0.4) is 0 Å². The number of carboxylic acid groups (broad SMARTS) is 2. The third-order valence-electron chi connectivity index (χ3n) is 5.84. The Morgan fingerprint density at radius 1 is 1.06 bits per heavy atom. The molecule has 4 heterocycles. The minimum atomic E-state index is -0.250. The molecule has 12 nitrogen and oxygen atoms in total. The van der Waals surface area contributed by atoms with E-state index in [1.54, 1.807) is 6.26 Å². The van der Waals surface area contributed by atoms with Crippen LogP contribution in [0, 0.1) is 6.92 Å². The van der Waals surface area contributed by atoms with Crippen LogP contribution in [0.2, 0.25) is 0 Å². The highest BCUT2D eigenvalue weighted by Crippen LogP contribution is 2.27. The van der Waals surface area contributed by atoms with Gasteiger partial charge in [-0.05, 0) is 32.2 Å². The minimum Gasteiger partial charge on any atom is -0.483 e. The molecular formula is C21H34N6O6. The zero-order valence-electron chi connectivity index (χ0n) is 19.2. The van der Waals surface area contributed by atoms with Crippen LogP contribution in [0.15, 0.2) is 10.7 Å². The summed E-state index contributed by atoms with van der Waals surface area (Å²) in [4.78, 5) is 26.0. The van der Waals surface area contributed by atoms with E-state index in [-0.39, 0.29) is 19.0 Å². The molecule has 2 saturated heterocycles. The Balaban J connectivity index is 0.000000582. The average molecular weight is 467 g/mol. The predicted octanol–water partition coefficient (Wildman–Crippen LogP) is 0.849. The first-order valence-corrected chi connectivity index (χ1v) is 11.0. The second-order valence-electron chi connectivity index (χ2n) is 8.18. The molecule has 12 heteroatoms. The molecule has 1 atom stereocenters. The molecule has 0 aromatic carbocycles. The van der Waals surface area contributed by atoms with Gasteiger partial charge in [0.1, 0.15) is 17.9 Å². The van der Waals surface area contributed by atoms with Crippen molar-refractivity contribution in [3.63, 3.8) is 0 Å². The van der Waals surface area contributed by atoms with Gasteiger partial charge in [-0.25, -0.2) is 4.98 Å². The molecule has 0 aliphatic carbocycles. The highest BCUT2D eigenvalue weighted by Gasteiger charge is 2.27. The maximum atomic E-state index is 9.68. The van der Waals surface area contributed by atoms with Crippen molar-refractivity contribution in [3.05, 3.63) is 29.5 Å². The number of rotatable bonds is 5. The molecule has 33 heavy (non-hydrogen) atoms. The van der Waals surface area contributed by atoms with Crippen molar-refractivity contribution >= 4 is 12.9 Å². The van der Waals surface area contributed by atoms with Crippen molar-refractivity contribution in [2.75, 3.05) is 26.2 Å². The molecular weight excluding hydrogens is 432 g/mol. The van der Waals surface area contributed by atoms with Crippen molar-refractivity contribution in [2.24, 2.45) is 7.05 Å². The van der Waals surface area contributed by atoms with E-state index in [2.05, 4.69) is 36.6 Å². The van der Waals surface area contributed by atoms with Crippen LogP contribution in [0.5, 0.6) is 0 Å². The molecule has 4 rings (SSSR count). The minimum absolute atomic E-state index is 0.141. The van der Waals surface area contributed by atoms with Crippen LogP contribution < -0.4 is 0 Å². The number of aliphatic hydroxyl groups excluding tert-OH is 1. The SMILES string of the molecule is Cc1nc(CN2CCCC(c3nnc(CN4CCC(O)CC4)n3C)C2)co1.O=CO.O=CO. The van der Waals surface area contributed by atoms with Crippen molar-refractivity contribution < 1.29 is 29.3 Å². The summed E-state index contributed by atoms with van der Waals surface area (Å²) in [6.45, 7) is 6.94. The van der Waals surface area contributed by atoms with Crippen LogP contribution in [-0.4, -0.2) is 90.1 Å². The molecule has 0 bridgehead atoms. The van der Waals surface area contributed by atoms with Gasteiger partial charge in [-0.1, -0.05) is 0 Å². The number of nitrogens with zero attached hydrogens (tertiary/aromatic N) is 6. The lowest BCUT2D eigenvalue weighted by atomic mass is 9.97. The van der Waals surface area contributed by atoms with E-state index in [1.165, 1.54) is 0 Å². The second-order valence-corrected chi connectivity index (χ2v) is 8.18. The number of oxazole rings is 1. The molecule has 0 saturated carbocycles. The fraction of sp³-hybridized carbons (Fsp3) is 0.667. The van der Waals surface area contributed by atoms with Gasteiger partial charge < -0.3 is 24.3 Å². The van der Waals surface area contributed by atoms with Crippen molar-refractivity contribution in [2.45, 2.75) is 57.7 Å². The summed E-state index contributed by atoms with van der Waals surface area (Å²) in [6.07, 6.45) is 5.63. The third-order valence-corrected chi connectivity index (χ3v) is 5.84. The van der Waals surface area contributed by atoms with Crippen LogP contribution in [0.1, 0.15) is 54.8 Å². The Bertz CT molecular complexity index is 842. The first kappa shape index (κ1) is 26.4. The molecule has 2 aliphatic heterocycles. The molecule has 0 radical (unpaired) electrons. The van der Waals surface area contributed by atoms with E-state index >= 15 is 0 Å². The van der Waals surface area contributed by atoms with E-state index in [1.807, 2.05) is 6.92 Å². The van der Waals surface area contributed by atoms with Crippen LogP contribution in [0.4, 0.5) is 0 Å². The highest BCUT2D eigenvalue weighted by atomic mass is 16.4. The molecule has 2 fully saturated rings. The molecule has 0 spiro atoms. The number of carbonyl (C=O) groups is 2. The monoisotopic (exact) mass is 466 g/mol. The van der Waals surface area contributed by atoms with Gasteiger partial charge in [0.2, 0.25) is 0 Å². The third kappa shape index (κ3) is 8.22. The van der Waals surface area contributed by atoms with Gasteiger partial charge in [-0.2, -0.15) is 0 Å².